The summed E-state index contributed by atoms with van der Waals surface area (Å²) in [7, 11) is 3.85. The molecule has 1 aromatic heterocycles. The van der Waals surface area contributed by atoms with E-state index >= 15 is 0 Å². The topological polar surface area (TPSA) is 36.4 Å². The zero-order valence-corrected chi connectivity index (χ0v) is 7.28. The molecule has 64 valence electrons. The molecule has 1 aromatic rings. The van der Waals surface area contributed by atoms with Crippen molar-refractivity contribution in [3.05, 3.63) is 22.7 Å². The van der Waals surface area contributed by atoms with Crippen molar-refractivity contribution in [3.63, 3.8) is 0 Å². The largest absolute Gasteiger partial charge is 0.493 e. The first-order valence-electron chi connectivity index (χ1n) is 3.63. The minimum absolute atomic E-state index is 0.0101. The Morgan fingerprint density at radius 3 is 2.67 bits per heavy atom. The molecule has 3 heteroatoms. The molecule has 0 aliphatic carbocycles. The molecule has 0 saturated heterocycles. The molecule has 0 radical (unpaired) electrons. The van der Waals surface area contributed by atoms with Crippen LogP contribution < -0.4 is 10.6 Å². The van der Waals surface area contributed by atoms with Crippen molar-refractivity contribution in [3.8, 4) is 5.88 Å². The zero-order valence-electron chi connectivity index (χ0n) is 7.28. The second-order valence-corrected chi connectivity index (χ2v) is 2.80. The highest BCUT2D eigenvalue weighted by Gasteiger charge is 1.88. The molecule has 3 nitrogen and oxygen atoms in total. The predicted molar refractivity (Wildman–Crippen MR) is 48.8 cm³/mol. The molecule has 0 atom stereocenters. The summed E-state index contributed by atoms with van der Waals surface area (Å²) in [6.07, 6.45) is 1.90. The molecule has 1 rings (SSSR count). The summed E-state index contributed by atoms with van der Waals surface area (Å²) in [4.78, 5) is 5.72. The monoisotopic (exact) mass is 164 g/mol. The standard InChI is InChI=1S/C9H12N2O/c1-7-8(6-11(2)3)4-5-9(12)10-7/h4-6H,1H2,2-3H3,(H,10,12)/b8-6-. The van der Waals surface area contributed by atoms with E-state index in [4.69, 9.17) is 5.11 Å². The van der Waals surface area contributed by atoms with Gasteiger partial charge in [-0.1, -0.05) is 6.58 Å². The number of hydrogen-bond acceptors (Lipinski definition) is 3. The van der Waals surface area contributed by atoms with Gasteiger partial charge in [-0.2, -0.15) is 0 Å². The third kappa shape index (κ3) is 1.99. The smallest absolute Gasteiger partial charge is 0.211 e. The Kier molecular flexibility index (Phi) is 2.33. The number of pyridine rings is 1. The van der Waals surface area contributed by atoms with E-state index < -0.39 is 0 Å². The minimum atomic E-state index is 0.0101. The lowest BCUT2D eigenvalue weighted by Gasteiger charge is -2.02. The van der Waals surface area contributed by atoms with Gasteiger partial charge in [0.25, 0.3) is 0 Å². The van der Waals surface area contributed by atoms with Gasteiger partial charge in [0, 0.05) is 31.6 Å². The van der Waals surface area contributed by atoms with Gasteiger partial charge in [-0.15, -0.1) is 0 Å². The van der Waals surface area contributed by atoms with Crippen LogP contribution in [-0.4, -0.2) is 29.1 Å². The van der Waals surface area contributed by atoms with Gasteiger partial charge in [-0.3, -0.25) is 0 Å². The van der Waals surface area contributed by atoms with Crippen LogP contribution in [0.3, 0.4) is 0 Å². The van der Waals surface area contributed by atoms with E-state index in [0.717, 1.165) is 5.22 Å². The summed E-state index contributed by atoms with van der Waals surface area (Å²) in [6.45, 7) is 3.71. The Labute approximate surface area is 71.3 Å². The van der Waals surface area contributed by atoms with Gasteiger partial charge >= 0.3 is 0 Å². The third-order valence-electron chi connectivity index (χ3n) is 1.39. The molecular formula is C9H12N2O. The van der Waals surface area contributed by atoms with Crippen molar-refractivity contribution >= 4 is 12.8 Å². The van der Waals surface area contributed by atoms with Crippen LogP contribution in [0, 0.1) is 0 Å². The van der Waals surface area contributed by atoms with Gasteiger partial charge in [0.1, 0.15) is 0 Å². The predicted octanol–water partition coefficient (Wildman–Crippen LogP) is -0.503. The van der Waals surface area contributed by atoms with Crippen LogP contribution in [-0.2, 0) is 0 Å². The fourth-order valence-electron chi connectivity index (χ4n) is 0.896. The minimum Gasteiger partial charge on any atom is -0.493 e. The molecule has 0 amide bonds. The SMILES string of the molecule is C=c1nc(O)cc/c1=C/N(C)C. The Balaban J connectivity index is 3.28. The van der Waals surface area contributed by atoms with E-state index in [2.05, 4.69) is 11.6 Å². The van der Waals surface area contributed by atoms with Crippen LogP contribution in [0.25, 0.3) is 12.8 Å². The van der Waals surface area contributed by atoms with Crippen molar-refractivity contribution < 1.29 is 5.11 Å². The number of aromatic hydroxyl groups is 1. The van der Waals surface area contributed by atoms with E-state index in [9.17, 15) is 0 Å². The third-order valence-corrected chi connectivity index (χ3v) is 1.39. The molecule has 12 heavy (non-hydrogen) atoms. The molecule has 0 unspecified atom stereocenters. The highest BCUT2D eigenvalue weighted by Crippen LogP contribution is 1.91. The summed E-state index contributed by atoms with van der Waals surface area (Å²) in [5, 5.41) is 10.5. The lowest BCUT2D eigenvalue weighted by molar-refractivity contribution is 0.451. The number of nitrogens with zero attached hydrogens (tertiary/aromatic N) is 2. The van der Waals surface area contributed by atoms with Crippen molar-refractivity contribution in [1.29, 1.82) is 0 Å². The van der Waals surface area contributed by atoms with Crippen molar-refractivity contribution in [1.82, 2.24) is 9.88 Å². The molecule has 0 fully saturated rings. The van der Waals surface area contributed by atoms with E-state index in [1.54, 1.807) is 12.1 Å². The molecule has 0 aliphatic heterocycles. The maximum absolute atomic E-state index is 8.99. The average molecular weight is 164 g/mol. The maximum Gasteiger partial charge on any atom is 0.211 e. The van der Waals surface area contributed by atoms with Crippen molar-refractivity contribution in [2.75, 3.05) is 14.1 Å². The van der Waals surface area contributed by atoms with Crippen LogP contribution >= 0.6 is 0 Å². The molecule has 0 aromatic carbocycles. The normalized spacial score (nSPS) is 11.7. The summed E-state index contributed by atoms with van der Waals surface area (Å²) < 4.78 is 0. The van der Waals surface area contributed by atoms with Crippen LogP contribution in [0.2, 0.25) is 0 Å². The van der Waals surface area contributed by atoms with Crippen molar-refractivity contribution in [2.45, 2.75) is 0 Å². The van der Waals surface area contributed by atoms with E-state index in [1.165, 1.54) is 0 Å². The second-order valence-electron chi connectivity index (χ2n) is 2.80. The molecule has 1 N–H and O–H groups in total. The fourth-order valence-corrected chi connectivity index (χ4v) is 0.896. The number of aromatic nitrogens is 1. The van der Waals surface area contributed by atoms with Gasteiger partial charge < -0.3 is 10.0 Å². The van der Waals surface area contributed by atoms with Crippen molar-refractivity contribution in [2.24, 2.45) is 0 Å². The second kappa shape index (κ2) is 3.26. The lowest BCUT2D eigenvalue weighted by atomic mass is 10.3. The Bertz CT molecular complexity index is 371. The Hall–Kier alpha value is -1.51. The summed E-state index contributed by atoms with van der Waals surface area (Å²) in [6, 6.07) is 3.33. The van der Waals surface area contributed by atoms with Crippen LogP contribution in [0.5, 0.6) is 5.88 Å². The first kappa shape index (κ1) is 8.59. The fraction of sp³-hybridized carbons (Fsp3) is 0.222. The first-order valence-corrected chi connectivity index (χ1v) is 3.63. The molecule has 0 aliphatic rings. The molecule has 0 saturated carbocycles. The quantitative estimate of drug-likeness (QED) is 0.607. The Morgan fingerprint density at radius 1 is 1.50 bits per heavy atom. The van der Waals surface area contributed by atoms with E-state index in [0.29, 0.717) is 5.35 Å². The highest BCUT2D eigenvalue weighted by atomic mass is 16.3. The van der Waals surface area contributed by atoms with Gasteiger partial charge in [0.2, 0.25) is 5.88 Å². The first-order chi connectivity index (χ1) is 5.59. The molecule has 0 bridgehead atoms. The maximum atomic E-state index is 8.99. The summed E-state index contributed by atoms with van der Waals surface area (Å²) >= 11 is 0. The highest BCUT2D eigenvalue weighted by molar-refractivity contribution is 5.24. The molecular weight excluding hydrogens is 152 g/mol. The molecule has 0 spiro atoms. The van der Waals surface area contributed by atoms with Crippen LogP contribution in [0.4, 0.5) is 0 Å². The molecule has 1 heterocycles. The van der Waals surface area contributed by atoms with Gasteiger partial charge in [-0.05, 0) is 6.07 Å². The zero-order chi connectivity index (χ0) is 9.14. The average Bonchev–Trinajstić information content (AvgIpc) is 1.94. The van der Waals surface area contributed by atoms with Crippen LogP contribution in [0.15, 0.2) is 12.1 Å². The Morgan fingerprint density at radius 2 is 2.17 bits per heavy atom. The van der Waals surface area contributed by atoms with Crippen LogP contribution in [0.1, 0.15) is 0 Å². The van der Waals surface area contributed by atoms with Gasteiger partial charge in [0.15, 0.2) is 0 Å². The van der Waals surface area contributed by atoms with E-state index in [-0.39, 0.29) is 5.88 Å². The lowest BCUT2D eigenvalue weighted by Crippen LogP contribution is -2.28. The number of hydrogen-bond donors (Lipinski definition) is 1. The van der Waals surface area contributed by atoms with Gasteiger partial charge in [0.05, 0.1) is 5.35 Å². The summed E-state index contributed by atoms with van der Waals surface area (Å²) in [5.41, 5.74) is 0. The summed E-state index contributed by atoms with van der Waals surface area (Å²) in [5.74, 6) is 0.0101. The number of rotatable bonds is 1. The van der Waals surface area contributed by atoms with E-state index in [1.807, 2.05) is 25.2 Å². The van der Waals surface area contributed by atoms with Gasteiger partial charge in [-0.25, -0.2) is 4.98 Å².